The van der Waals surface area contributed by atoms with Crippen molar-refractivity contribution in [2.24, 2.45) is 11.7 Å². The van der Waals surface area contributed by atoms with Gasteiger partial charge >= 0.3 is 0 Å². The van der Waals surface area contributed by atoms with E-state index in [2.05, 4.69) is 23.5 Å². The molecule has 1 aromatic rings. The summed E-state index contributed by atoms with van der Waals surface area (Å²) < 4.78 is 27.5. The summed E-state index contributed by atoms with van der Waals surface area (Å²) in [6.45, 7) is 6.66. The van der Waals surface area contributed by atoms with Crippen molar-refractivity contribution in [1.82, 2.24) is 9.62 Å². The van der Waals surface area contributed by atoms with E-state index in [1.54, 1.807) is 0 Å². The largest absolute Gasteiger partial charge is 0.366 e. The second-order valence-electron chi connectivity index (χ2n) is 6.29. The molecule has 1 aliphatic heterocycles. The zero-order valence-electron chi connectivity index (χ0n) is 13.7. The zero-order chi connectivity index (χ0) is 17.0. The minimum Gasteiger partial charge on any atom is -0.366 e. The van der Waals surface area contributed by atoms with Gasteiger partial charge < -0.3 is 5.73 Å². The van der Waals surface area contributed by atoms with Gasteiger partial charge in [-0.3, -0.25) is 9.69 Å². The van der Waals surface area contributed by atoms with Crippen molar-refractivity contribution in [3.05, 3.63) is 29.8 Å². The minimum absolute atomic E-state index is 0.145. The van der Waals surface area contributed by atoms with E-state index in [1.807, 2.05) is 0 Å². The topological polar surface area (TPSA) is 92.5 Å². The minimum atomic E-state index is -3.59. The summed E-state index contributed by atoms with van der Waals surface area (Å²) in [6, 6.07) is 5.86. The second kappa shape index (κ2) is 7.42. The number of nitrogens with zero attached hydrogens (tertiary/aromatic N) is 1. The maximum atomic E-state index is 12.4. The molecule has 0 aliphatic carbocycles. The Morgan fingerprint density at radius 3 is 2.26 bits per heavy atom. The number of nitrogens with one attached hydrogen (secondary N) is 1. The summed E-state index contributed by atoms with van der Waals surface area (Å²) in [7, 11) is -3.59. The van der Waals surface area contributed by atoms with Gasteiger partial charge in [-0.25, -0.2) is 13.1 Å². The molecule has 0 spiro atoms. The molecule has 1 aliphatic rings. The molecule has 23 heavy (non-hydrogen) atoms. The Balaban J connectivity index is 2.06. The van der Waals surface area contributed by atoms with Crippen LogP contribution >= 0.6 is 0 Å². The highest BCUT2D eigenvalue weighted by molar-refractivity contribution is 7.89. The predicted octanol–water partition coefficient (Wildman–Crippen LogP) is 1.18. The first kappa shape index (κ1) is 17.9. The lowest BCUT2D eigenvalue weighted by atomic mass is 10.0. The third-order valence-corrected chi connectivity index (χ3v) is 5.75. The molecule has 7 heteroatoms. The molecule has 2 rings (SSSR count). The van der Waals surface area contributed by atoms with E-state index >= 15 is 0 Å². The lowest BCUT2D eigenvalue weighted by molar-refractivity contribution is 0.1000. The van der Waals surface area contributed by atoms with Gasteiger partial charge in [0.15, 0.2) is 0 Å². The summed E-state index contributed by atoms with van der Waals surface area (Å²) in [4.78, 5) is 13.5. The van der Waals surface area contributed by atoms with Crippen LogP contribution in [0, 0.1) is 5.92 Å². The number of sulfonamides is 1. The molecule has 0 aromatic heterocycles. The van der Waals surface area contributed by atoms with E-state index in [0.29, 0.717) is 18.0 Å². The summed E-state index contributed by atoms with van der Waals surface area (Å²) in [5, 5.41) is 0. The fourth-order valence-corrected chi connectivity index (χ4v) is 3.99. The number of carbonyl (C=O) groups excluding carboxylic acids is 1. The van der Waals surface area contributed by atoms with Crippen LogP contribution in [0.2, 0.25) is 0 Å². The van der Waals surface area contributed by atoms with Crippen LogP contribution in [0.25, 0.3) is 0 Å². The van der Waals surface area contributed by atoms with Crippen LogP contribution < -0.4 is 10.5 Å². The molecule has 1 amide bonds. The standard InChI is InChI=1S/C16H25N3O3S/c1-12(2)15(19-9-3-4-10-19)11-18-23(21,22)14-7-5-13(6-8-14)16(17)20/h5-8,12,15,18H,3-4,9-11H2,1-2H3,(H2,17,20)/t15-/m1/s1. The number of rotatable bonds is 7. The van der Waals surface area contributed by atoms with E-state index in [4.69, 9.17) is 5.73 Å². The van der Waals surface area contributed by atoms with Crippen molar-refractivity contribution < 1.29 is 13.2 Å². The fourth-order valence-electron chi connectivity index (χ4n) is 2.94. The lowest BCUT2D eigenvalue weighted by Gasteiger charge is -2.30. The Hall–Kier alpha value is -1.44. The molecule has 1 aromatic carbocycles. The zero-order valence-corrected chi connectivity index (χ0v) is 14.5. The average molecular weight is 339 g/mol. The summed E-state index contributed by atoms with van der Waals surface area (Å²) in [5.41, 5.74) is 5.46. The average Bonchev–Trinajstić information content (AvgIpc) is 3.01. The normalized spacial score (nSPS) is 17.5. The molecule has 1 atom stereocenters. The van der Waals surface area contributed by atoms with Crippen molar-refractivity contribution in [2.75, 3.05) is 19.6 Å². The van der Waals surface area contributed by atoms with Crippen molar-refractivity contribution in [1.29, 1.82) is 0 Å². The molecular weight excluding hydrogens is 314 g/mol. The predicted molar refractivity (Wildman–Crippen MR) is 89.6 cm³/mol. The second-order valence-corrected chi connectivity index (χ2v) is 8.06. The molecule has 0 radical (unpaired) electrons. The van der Waals surface area contributed by atoms with Gasteiger partial charge in [0.05, 0.1) is 4.90 Å². The third-order valence-electron chi connectivity index (χ3n) is 4.31. The number of benzene rings is 1. The summed E-state index contributed by atoms with van der Waals surface area (Å²) >= 11 is 0. The van der Waals surface area contributed by atoms with Gasteiger partial charge in [-0.05, 0) is 56.1 Å². The number of amides is 1. The summed E-state index contributed by atoms with van der Waals surface area (Å²) in [5.74, 6) is -0.205. The molecule has 128 valence electrons. The van der Waals surface area contributed by atoms with Gasteiger partial charge in [-0.1, -0.05) is 13.8 Å². The number of nitrogens with two attached hydrogens (primary N) is 1. The van der Waals surface area contributed by atoms with Crippen LogP contribution in [-0.4, -0.2) is 44.9 Å². The molecule has 1 fully saturated rings. The van der Waals surface area contributed by atoms with Gasteiger partial charge in [-0.15, -0.1) is 0 Å². The Bertz CT molecular complexity index is 635. The highest BCUT2D eigenvalue weighted by Gasteiger charge is 2.26. The van der Waals surface area contributed by atoms with Gasteiger partial charge in [0.25, 0.3) is 0 Å². The van der Waals surface area contributed by atoms with Crippen LogP contribution in [0.4, 0.5) is 0 Å². The fraction of sp³-hybridized carbons (Fsp3) is 0.562. The van der Waals surface area contributed by atoms with E-state index in [9.17, 15) is 13.2 Å². The van der Waals surface area contributed by atoms with Crippen LogP contribution in [-0.2, 0) is 10.0 Å². The molecular formula is C16H25N3O3S. The maximum absolute atomic E-state index is 12.4. The van der Waals surface area contributed by atoms with E-state index in [0.717, 1.165) is 13.1 Å². The van der Waals surface area contributed by atoms with E-state index in [1.165, 1.54) is 37.1 Å². The number of carbonyl (C=O) groups is 1. The van der Waals surface area contributed by atoms with Gasteiger partial charge in [0.2, 0.25) is 15.9 Å². The smallest absolute Gasteiger partial charge is 0.248 e. The molecule has 3 N–H and O–H groups in total. The third kappa shape index (κ3) is 4.53. The van der Waals surface area contributed by atoms with Crippen molar-refractivity contribution >= 4 is 15.9 Å². The first-order valence-corrected chi connectivity index (χ1v) is 9.43. The monoisotopic (exact) mass is 339 g/mol. The van der Waals surface area contributed by atoms with Crippen molar-refractivity contribution in [3.63, 3.8) is 0 Å². The van der Waals surface area contributed by atoms with Crippen LogP contribution in [0.3, 0.4) is 0 Å². The first-order chi connectivity index (χ1) is 10.8. The number of hydrogen-bond donors (Lipinski definition) is 2. The molecule has 0 saturated carbocycles. The number of hydrogen-bond acceptors (Lipinski definition) is 4. The van der Waals surface area contributed by atoms with Crippen molar-refractivity contribution in [2.45, 2.75) is 37.6 Å². The SMILES string of the molecule is CC(C)[C@@H](CNS(=O)(=O)c1ccc(C(N)=O)cc1)N1CCCC1. The highest BCUT2D eigenvalue weighted by Crippen LogP contribution is 2.18. The lowest BCUT2D eigenvalue weighted by Crippen LogP contribution is -2.45. The van der Waals surface area contributed by atoms with Crippen molar-refractivity contribution in [3.8, 4) is 0 Å². The van der Waals surface area contributed by atoms with Gasteiger partial charge in [0.1, 0.15) is 0 Å². The highest BCUT2D eigenvalue weighted by atomic mass is 32.2. The van der Waals surface area contributed by atoms with Crippen LogP contribution in [0.1, 0.15) is 37.0 Å². The molecule has 0 bridgehead atoms. The molecule has 1 heterocycles. The number of likely N-dealkylation sites (tertiary alicyclic amines) is 1. The molecule has 0 unspecified atom stereocenters. The number of primary amides is 1. The Morgan fingerprint density at radius 2 is 1.78 bits per heavy atom. The van der Waals surface area contributed by atoms with E-state index < -0.39 is 15.9 Å². The van der Waals surface area contributed by atoms with Crippen LogP contribution in [0.15, 0.2) is 29.2 Å². The Kier molecular flexibility index (Phi) is 5.78. The van der Waals surface area contributed by atoms with Crippen LogP contribution in [0.5, 0.6) is 0 Å². The van der Waals surface area contributed by atoms with Gasteiger partial charge in [0, 0.05) is 18.2 Å². The first-order valence-electron chi connectivity index (χ1n) is 7.95. The molecule has 6 nitrogen and oxygen atoms in total. The maximum Gasteiger partial charge on any atom is 0.248 e. The summed E-state index contributed by atoms with van der Waals surface area (Å²) in [6.07, 6.45) is 2.34. The Labute approximate surface area is 138 Å². The molecule has 1 saturated heterocycles. The quantitative estimate of drug-likeness (QED) is 0.780. The van der Waals surface area contributed by atoms with Gasteiger partial charge in [-0.2, -0.15) is 0 Å². The van der Waals surface area contributed by atoms with E-state index in [-0.39, 0.29) is 10.9 Å². The Morgan fingerprint density at radius 1 is 1.22 bits per heavy atom.